The maximum atomic E-state index is 6.08. The zero-order valence-electron chi connectivity index (χ0n) is 13.5. The number of nitrogens with zero attached hydrogens (tertiary/aromatic N) is 2. The molecule has 2 aliphatic rings. The molecule has 4 heteroatoms. The lowest BCUT2D eigenvalue weighted by molar-refractivity contribution is 0.0594. The first kappa shape index (κ1) is 15.6. The lowest BCUT2D eigenvalue weighted by Gasteiger charge is -2.26. The van der Waals surface area contributed by atoms with Crippen LogP contribution >= 0.6 is 0 Å². The summed E-state index contributed by atoms with van der Waals surface area (Å²) in [4.78, 5) is 4.98. The van der Waals surface area contributed by atoms with Crippen LogP contribution in [0.25, 0.3) is 0 Å². The van der Waals surface area contributed by atoms with Crippen LogP contribution < -0.4 is 10.6 Å². The van der Waals surface area contributed by atoms with Gasteiger partial charge in [0.1, 0.15) is 0 Å². The average molecular weight is 303 g/mol. The molecule has 22 heavy (non-hydrogen) atoms. The van der Waals surface area contributed by atoms with Gasteiger partial charge >= 0.3 is 0 Å². The van der Waals surface area contributed by atoms with E-state index in [9.17, 15) is 0 Å². The topological polar surface area (TPSA) is 41.7 Å². The van der Waals surface area contributed by atoms with E-state index in [1.807, 2.05) is 12.1 Å². The molecule has 0 amide bonds. The van der Waals surface area contributed by atoms with Crippen molar-refractivity contribution in [1.29, 1.82) is 0 Å². The van der Waals surface area contributed by atoms with Gasteiger partial charge in [0.15, 0.2) is 0 Å². The number of nitrogens with two attached hydrogens (primary N) is 1. The zero-order valence-corrected chi connectivity index (χ0v) is 13.5. The molecule has 1 aromatic rings. The highest BCUT2D eigenvalue weighted by Crippen LogP contribution is 2.22. The first-order valence-electron chi connectivity index (χ1n) is 8.76. The summed E-state index contributed by atoms with van der Waals surface area (Å²) < 4.78 is 6.08. The number of nitrogen functional groups attached to an aromatic ring is 1. The summed E-state index contributed by atoms with van der Waals surface area (Å²) in [5, 5.41) is 0. The van der Waals surface area contributed by atoms with Crippen LogP contribution in [0.2, 0.25) is 0 Å². The van der Waals surface area contributed by atoms with Crippen molar-refractivity contribution in [3.63, 3.8) is 0 Å². The van der Waals surface area contributed by atoms with Crippen molar-refractivity contribution < 1.29 is 4.74 Å². The first-order chi connectivity index (χ1) is 10.8. The summed E-state index contributed by atoms with van der Waals surface area (Å²) in [5.41, 5.74) is 7.83. The fourth-order valence-electron chi connectivity index (χ4n) is 3.51. The molecule has 1 atom stereocenters. The van der Waals surface area contributed by atoms with Gasteiger partial charge in [-0.2, -0.15) is 0 Å². The Balaban J connectivity index is 1.33. The number of ether oxygens (including phenoxy) is 1. The summed E-state index contributed by atoms with van der Waals surface area (Å²) in [7, 11) is 0. The number of rotatable bonds is 6. The fourth-order valence-corrected chi connectivity index (χ4v) is 3.51. The summed E-state index contributed by atoms with van der Waals surface area (Å²) in [6.45, 7) is 6.77. The standard InChI is InChI=1S/C18H29N3O/c19-16-5-7-17(8-6-16)21-13-9-18(15-21)22-14-4-12-20-10-2-1-3-11-20/h5-8,18H,1-4,9-15,19H2. The Morgan fingerprint density at radius 1 is 1.05 bits per heavy atom. The molecule has 1 aromatic carbocycles. The minimum absolute atomic E-state index is 0.388. The third-order valence-electron chi connectivity index (χ3n) is 4.82. The number of benzene rings is 1. The maximum Gasteiger partial charge on any atom is 0.0766 e. The van der Waals surface area contributed by atoms with Gasteiger partial charge < -0.3 is 20.3 Å². The molecule has 0 aliphatic carbocycles. The van der Waals surface area contributed by atoms with Gasteiger partial charge in [0.05, 0.1) is 6.10 Å². The van der Waals surface area contributed by atoms with E-state index in [-0.39, 0.29) is 0 Å². The van der Waals surface area contributed by atoms with Gasteiger partial charge in [-0.15, -0.1) is 0 Å². The van der Waals surface area contributed by atoms with Crippen LogP contribution in [0.5, 0.6) is 0 Å². The van der Waals surface area contributed by atoms with Gasteiger partial charge in [-0.05, 0) is 63.0 Å². The zero-order chi connectivity index (χ0) is 15.2. The lowest BCUT2D eigenvalue weighted by Crippen LogP contribution is -2.31. The first-order valence-corrected chi connectivity index (χ1v) is 8.76. The minimum Gasteiger partial charge on any atom is -0.399 e. The molecule has 2 saturated heterocycles. The highest BCUT2D eigenvalue weighted by molar-refractivity contribution is 5.53. The smallest absolute Gasteiger partial charge is 0.0766 e. The molecule has 0 bridgehead atoms. The van der Waals surface area contributed by atoms with Crippen LogP contribution in [-0.4, -0.2) is 50.3 Å². The maximum absolute atomic E-state index is 6.08. The van der Waals surface area contributed by atoms with Crippen LogP contribution in [-0.2, 0) is 4.74 Å². The van der Waals surface area contributed by atoms with Crippen molar-refractivity contribution in [3.8, 4) is 0 Å². The monoisotopic (exact) mass is 303 g/mol. The predicted molar refractivity (Wildman–Crippen MR) is 92.3 cm³/mol. The molecular weight excluding hydrogens is 274 g/mol. The fraction of sp³-hybridized carbons (Fsp3) is 0.667. The predicted octanol–water partition coefficient (Wildman–Crippen LogP) is 2.74. The second kappa shape index (κ2) is 7.84. The molecular formula is C18H29N3O. The van der Waals surface area contributed by atoms with E-state index in [1.165, 1.54) is 51.0 Å². The molecule has 0 saturated carbocycles. The normalized spacial score (nSPS) is 23.1. The van der Waals surface area contributed by atoms with Gasteiger partial charge in [0.2, 0.25) is 0 Å². The number of anilines is 2. The van der Waals surface area contributed by atoms with Crippen molar-refractivity contribution in [2.75, 3.05) is 50.0 Å². The number of piperidine rings is 1. The minimum atomic E-state index is 0.388. The highest BCUT2D eigenvalue weighted by Gasteiger charge is 2.23. The molecule has 2 heterocycles. The molecule has 122 valence electrons. The van der Waals surface area contributed by atoms with Gasteiger partial charge in [0.25, 0.3) is 0 Å². The lowest BCUT2D eigenvalue weighted by atomic mass is 10.1. The second-order valence-electron chi connectivity index (χ2n) is 6.57. The molecule has 2 aliphatic heterocycles. The van der Waals surface area contributed by atoms with Crippen molar-refractivity contribution in [2.24, 2.45) is 0 Å². The van der Waals surface area contributed by atoms with Gasteiger partial charge in [-0.3, -0.25) is 0 Å². The Morgan fingerprint density at radius 3 is 2.59 bits per heavy atom. The summed E-state index contributed by atoms with van der Waals surface area (Å²) in [5.74, 6) is 0. The van der Waals surface area contributed by atoms with E-state index in [0.717, 1.165) is 31.8 Å². The van der Waals surface area contributed by atoms with Crippen LogP contribution in [0.15, 0.2) is 24.3 Å². The molecule has 3 rings (SSSR count). The van der Waals surface area contributed by atoms with Gasteiger partial charge in [-0.1, -0.05) is 6.42 Å². The Kier molecular flexibility index (Phi) is 5.57. The second-order valence-corrected chi connectivity index (χ2v) is 6.57. The van der Waals surface area contributed by atoms with Crippen molar-refractivity contribution in [2.45, 2.75) is 38.2 Å². The Labute approximate surface area is 134 Å². The Morgan fingerprint density at radius 2 is 1.82 bits per heavy atom. The van der Waals surface area contributed by atoms with Crippen molar-refractivity contribution in [1.82, 2.24) is 4.90 Å². The Bertz CT molecular complexity index is 442. The quantitative estimate of drug-likeness (QED) is 0.648. The molecule has 0 aromatic heterocycles. The summed E-state index contributed by atoms with van der Waals surface area (Å²) in [6.07, 6.45) is 6.85. The van der Waals surface area contributed by atoms with Crippen molar-refractivity contribution in [3.05, 3.63) is 24.3 Å². The molecule has 4 nitrogen and oxygen atoms in total. The van der Waals surface area contributed by atoms with Crippen LogP contribution in [0.4, 0.5) is 11.4 Å². The van der Waals surface area contributed by atoms with E-state index in [1.54, 1.807) is 0 Å². The number of hydrogen-bond acceptors (Lipinski definition) is 4. The molecule has 2 N–H and O–H groups in total. The van der Waals surface area contributed by atoms with E-state index in [4.69, 9.17) is 10.5 Å². The van der Waals surface area contributed by atoms with Crippen molar-refractivity contribution >= 4 is 11.4 Å². The molecule has 2 fully saturated rings. The Hall–Kier alpha value is -1.26. The van der Waals surface area contributed by atoms with Gasteiger partial charge in [0, 0.05) is 37.6 Å². The van der Waals surface area contributed by atoms with Gasteiger partial charge in [-0.25, -0.2) is 0 Å². The highest BCUT2D eigenvalue weighted by atomic mass is 16.5. The molecule has 0 spiro atoms. The van der Waals surface area contributed by atoms with E-state index in [2.05, 4.69) is 21.9 Å². The van der Waals surface area contributed by atoms with Crippen LogP contribution in [0.1, 0.15) is 32.1 Å². The molecule has 1 unspecified atom stereocenters. The number of likely N-dealkylation sites (tertiary alicyclic amines) is 1. The van der Waals surface area contributed by atoms with E-state index < -0.39 is 0 Å². The molecule has 0 radical (unpaired) electrons. The van der Waals surface area contributed by atoms with Crippen LogP contribution in [0, 0.1) is 0 Å². The summed E-state index contributed by atoms with van der Waals surface area (Å²) >= 11 is 0. The average Bonchev–Trinajstić information content (AvgIpc) is 3.02. The summed E-state index contributed by atoms with van der Waals surface area (Å²) in [6, 6.07) is 8.16. The SMILES string of the molecule is Nc1ccc(N2CCC(OCCCN3CCCCC3)C2)cc1. The third-order valence-corrected chi connectivity index (χ3v) is 4.82. The van der Waals surface area contributed by atoms with E-state index >= 15 is 0 Å². The number of hydrogen-bond donors (Lipinski definition) is 1. The van der Waals surface area contributed by atoms with E-state index in [0.29, 0.717) is 6.10 Å². The third kappa shape index (κ3) is 4.37. The largest absolute Gasteiger partial charge is 0.399 e. The van der Waals surface area contributed by atoms with Crippen LogP contribution in [0.3, 0.4) is 0 Å².